The monoisotopic (exact) mass is 180 g/mol. The van der Waals surface area contributed by atoms with Gasteiger partial charge in [-0.15, -0.1) is 0 Å². The van der Waals surface area contributed by atoms with Crippen molar-refractivity contribution < 1.29 is 9.53 Å². The highest BCUT2D eigenvalue weighted by atomic mass is 16.5. The van der Waals surface area contributed by atoms with Crippen molar-refractivity contribution in [3.8, 4) is 0 Å². The second-order valence-corrected chi connectivity index (χ2v) is 2.45. The predicted molar refractivity (Wildman–Crippen MR) is 48.9 cm³/mol. The number of nitrogens with zero attached hydrogens (tertiary/aromatic N) is 2. The van der Waals surface area contributed by atoms with E-state index in [0.29, 0.717) is 6.61 Å². The molecule has 0 spiro atoms. The highest BCUT2D eigenvalue weighted by molar-refractivity contribution is 5.84. The van der Waals surface area contributed by atoms with E-state index in [2.05, 4.69) is 4.98 Å². The Labute approximate surface area is 76.8 Å². The van der Waals surface area contributed by atoms with Gasteiger partial charge in [-0.05, 0) is 13.8 Å². The molecule has 0 aliphatic carbocycles. The summed E-state index contributed by atoms with van der Waals surface area (Å²) in [6.45, 7) is 4.02. The number of hydrogen-bond acceptors (Lipinski definition) is 3. The summed E-state index contributed by atoms with van der Waals surface area (Å²) in [7, 11) is 0. The smallest absolute Gasteiger partial charge is 0.332 e. The van der Waals surface area contributed by atoms with Crippen LogP contribution >= 0.6 is 0 Å². The Bertz CT molecular complexity index is 315. The van der Waals surface area contributed by atoms with Crippen LogP contribution in [0.25, 0.3) is 6.20 Å². The summed E-state index contributed by atoms with van der Waals surface area (Å²) >= 11 is 0. The van der Waals surface area contributed by atoms with Gasteiger partial charge in [0.15, 0.2) is 0 Å². The van der Waals surface area contributed by atoms with E-state index < -0.39 is 0 Å². The highest BCUT2D eigenvalue weighted by Crippen LogP contribution is 1.95. The molecule has 0 saturated heterocycles. The maximum Gasteiger partial charge on any atom is 0.332 e. The minimum absolute atomic E-state index is 0.337. The van der Waals surface area contributed by atoms with Gasteiger partial charge in [-0.1, -0.05) is 0 Å². The van der Waals surface area contributed by atoms with Gasteiger partial charge in [0, 0.05) is 24.7 Å². The van der Waals surface area contributed by atoms with Crippen LogP contribution in [0.5, 0.6) is 0 Å². The molecular formula is C9H12N2O2. The number of aromatic nitrogens is 2. The van der Waals surface area contributed by atoms with E-state index in [9.17, 15) is 4.79 Å². The van der Waals surface area contributed by atoms with Crippen LogP contribution in [0.1, 0.15) is 12.7 Å². The van der Waals surface area contributed by atoms with E-state index in [4.69, 9.17) is 4.74 Å². The van der Waals surface area contributed by atoms with Gasteiger partial charge < -0.3 is 9.30 Å². The van der Waals surface area contributed by atoms with E-state index in [1.807, 2.05) is 6.92 Å². The number of aryl methyl sites for hydroxylation is 1. The fraction of sp³-hybridized carbons (Fsp3) is 0.333. The molecule has 0 aliphatic rings. The number of ether oxygens (including phenoxy) is 1. The zero-order valence-corrected chi connectivity index (χ0v) is 7.73. The first-order chi connectivity index (χ1) is 6.24. The molecule has 4 heteroatoms. The Kier molecular flexibility index (Phi) is 3.25. The van der Waals surface area contributed by atoms with Crippen molar-refractivity contribution >= 4 is 12.2 Å². The molecule has 0 aliphatic heterocycles. The topological polar surface area (TPSA) is 44.1 Å². The van der Waals surface area contributed by atoms with Crippen LogP contribution in [0.4, 0.5) is 0 Å². The van der Waals surface area contributed by atoms with Crippen molar-refractivity contribution in [3.05, 3.63) is 24.3 Å². The van der Waals surface area contributed by atoms with E-state index in [-0.39, 0.29) is 5.97 Å². The summed E-state index contributed by atoms with van der Waals surface area (Å²) in [6, 6.07) is 0. The largest absolute Gasteiger partial charge is 0.463 e. The minimum atomic E-state index is -0.337. The van der Waals surface area contributed by atoms with Crippen LogP contribution in [0.15, 0.2) is 18.5 Å². The molecule has 0 amide bonds. The number of rotatable bonds is 3. The molecule has 1 aromatic heterocycles. The number of esters is 1. The molecule has 0 unspecified atom stereocenters. The Morgan fingerprint density at radius 2 is 2.54 bits per heavy atom. The van der Waals surface area contributed by atoms with E-state index in [1.165, 1.54) is 6.08 Å². The lowest BCUT2D eigenvalue weighted by atomic mass is 10.6. The van der Waals surface area contributed by atoms with Crippen LogP contribution < -0.4 is 0 Å². The molecule has 70 valence electrons. The van der Waals surface area contributed by atoms with Crippen LogP contribution in [0, 0.1) is 6.92 Å². The number of carbonyl (C=O) groups is 1. The summed E-state index contributed by atoms with van der Waals surface area (Å²) in [4.78, 5) is 14.9. The molecule has 1 aromatic rings. The molecule has 0 N–H and O–H groups in total. The zero-order chi connectivity index (χ0) is 9.68. The van der Waals surface area contributed by atoms with Gasteiger partial charge in [0.1, 0.15) is 5.82 Å². The second-order valence-electron chi connectivity index (χ2n) is 2.45. The first-order valence-electron chi connectivity index (χ1n) is 4.08. The van der Waals surface area contributed by atoms with Crippen LogP contribution in [-0.2, 0) is 9.53 Å². The third kappa shape index (κ3) is 2.74. The van der Waals surface area contributed by atoms with Crippen molar-refractivity contribution in [1.29, 1.82) is 0 Å². The fourth-order valence-corrected chi connectivity index (χ4v) is 0.877. The fourth-order valence-electron chi connectivity index (χ4n) is 0.877. The molecule has 13 heavy (non-hydrogen) atoms. The first-order valence-corrected chi connectivity index (χ1v) is 4.08. The quantitative estimate of drug-likeness (QED) is 0.519. The molecule has 0 atom stereocenters. The lowest BCUT2D eigenvalue weighted by molar-refractivity contribution is -0.137. The van der Waals surface area contributed by atoms with Crippen molar-refractivity contribution in [3.63, 3.8) is 0 Å². The van der Waals surface area contributed by atoms with Crippen molar-refractivity contribution in [2.75, 3.05) is 6.61 Å². The van der Waals surface area contributed by atoms with Crippen LogP contribution in [0.2, 0.25) is 0 Å². The molecule has 0 saturated carbocycles. The summed E-state index contributed by atoms with van der Waals surface area (Å²) in [5.74, 6) is 0.496. The third-order valence-corrected chi connectivity index (χ3v) is 1.52. The van der Waals surface area contributed by atoms with Gasteiger partial charge >= 0.3 is 5.97 Å². The molecule has 0 radical (unpaired) electrons. The highest BCUT2D eigenvalue weighted by Gasteiger charge is 1.94. The summed E-state index contributed by atoms with van der Waals surface area (Å²) in [6.07, 6.45) is 6.44. The van der Waals surface area contributed by atoms with E-state index in [0.717, 1.165) is 5.82 Å². The summed E-state index contributed by atoms with van der Waals surface area (Å²) in [5, 5.41) is 0. The Morgan fingerprint density at radius 1 is 1.77 bits per heavy atom. The third-order valence-electron chi connectivity index (χ3n) is 1.52. The standard InChI is InChI=1S/C9H12N2O2/c1-3-13-9(12)4-6-11-7-5-10-8(11)2/h4-7H,3H2,1-2H3/b6-4+. The van der Waals surface area contributed by atoms with Gasteiger partial charge in [-0.25, -0.2) is 9.78 Å². The second kappa shape index (κ2) is 4.45. The number of hydrogen-bond donors (Lipinski definition) is 0. The van der Waals surface area contributed by atoms with Gasteiger partial charge in [-0.2, -0.15) is 0 Å². The van der Waals surface area contributed by atoms with Crippen LogP contribution in [-0.4, -0.2) is 22.1 Å². The maximum absolute atomic E-state index is 10.9. The van der Waals surface area contributed by atoms with Gasteiger partial charge in [-0.3, -0.25) is 0 Å². The molecule has 0 fully saturated rings. The van der Waals surface area contributed by atoms with Gasteiger partial charge in [0.25, 0.3) is 0 Å². The Balaban J connectivity index is 2.58. The average molecular weight is 180 g/mol. The first kappa shape index (κ1) is 9.51. The number of imidazole rings is 1. The number of carbonyl (C=O) groups excluding carboxylic acids is 1. The zero-order valence-electron chi connectivity index (χ0n) is 7.73. The summed E-state index contributed by atoms with van der Waals surface area (Å²) < 4.78 is 6.47. The van der Waals surface area contributed by atoms with Crippen molar-refractivity contribution in [2.45, 2.75) is 13.8 Å². The molecule has 1 heterocycles. The normalized spacial score (nSPS) is 10.6. The lowest BCUT2D eigenvalue weighted by Gasteiger charge is -1.96. The van der Waals surface area contributed by atoms with Crippen molar-refractivity contribution in [2.24, 2.45) is 0 Å². The molecule has 0 bridgehead atoms. The van der Waals surface area contributed by atoms with Crippen molar-refractivity contribution in [1.82, 2.24) is 9.55 Å². The predicted octanol–water partition coefficient (Wildman–Crippen LogP) is 1.23. The lowest BCUT2D eigenvalue weighted by Crippen LogP contribution is -2.00. The van der Waals surface area contributed by atoms with E-state index >= 15 is 0 Å². The summed E-state index contributed by atoms with van der Waals surface area (Å²) in [5.41, 5.74) is 0. The molecule has 0 aromatic carbocycles. The van der Waals surface area contributed by atoms with Crippen LogP contribution in [0.3, 0.4) is 0 Å². The SMILES string of the molecule is CCOC(=O)/C=C/n1ccnc1C. The van der Waals surface area contributed by atoms with Gasteiger partial charge in [0.2, 0.25) is 0 Å². The molecule has 1 rings (SSSR count). The Hall–Kier alpha value is -1.58. The average Bonchev–Trinajstić information content (AvgIpc) is 2.48. The molecular weight excluding hydrogens is 168 g/mol. The Morgan fingerprint density at radius 3 is 3.08 bits per heavy atom. The van der Waals surface area contributed by atoms with Gasteiger partial charge in [0.05, 0.1) is 6.61 Å². The maximum atomic E-state index is 10.9. The van der Waals surface area contributed by atoms with E-state index in [1.54, 1.807) is 30.1 Å². The minimum Gasteiger partial charge on any atom is -0.463 e. The molecule has 4 nitrogen and oxygen atoms in total.